The van der Waals surface area contributed by atoms with Gasteiger partial charge in [-0.05, 0) is 43.3 Å². The van der Waals surface area contributed by atoms with Gasteiger partial charge in [0.05, 0.1) is 23.7 Å². The summed E-state index contributed by atoms with van der Waals surface area (Å²) < 4.78 is 18.0. The van der Waals surface area contributed by atoms with Crippen molar-refractivity contribution >= 4 is 28.3 Å². The molecule has 0 fully saturated rings. The van der Waals surface area contributed by atoms with E-state index >= 15 is 0 Å². The third-order valence-corrected chi connectivity index (χ3v) is 5.20. The first-order valence-corrected chi connectivity index (χ1v) is 10.1. The number of carbonyl (C=O) groups excluding carboxylic acids is 1. The number of benzene rings is 1. The fourth-order valence-corrected chi connectivity index (χ4v) is 3.57. The number of nitrogens with one attached hydrogen (secondary N) is 1. The standard InChI is InChI=1S/C19H18ClN3O3S/c1-13-17(23-19(26-13)14-5-7-15(20)8-6-14)11-27(25)12-18(24)22-10-16-4-2-3-9-21-16/h2-9H,10-12H2,1H3,(H,22,24)/t27-/m1/s1. The second kappa shape index (κ2) is 8.92. The highest BCUT2D eigenvalue weighted by Gasteiger charge is 2.16. The van der Waals surface area contributed by atoms with Gasteiger partial charge in [0.25, 0.3) is 0 Å². The Kier molecular flexibility index (Phi) is 6.36. The topological polar surface area (TPSA) is 85.1 Å². The molecule has 1 N–H and O–H groups in total. The molecule has 0 aliphatic rings. The molecule has 6 nitrogen and oxygen atoms in total. The second-order valence-electron chi connectivity index (χ2n) is 5.86. The summed E-state index contributed by atoms with van der Waals surface area (Å²) >= 11 is 5.88. The number of aryl methyl sites for hydroxylation is 1. The highest BCUT2D eigenvalue weighted by atomic mass is 35.5. The lowest BCUT2D eigenvalue weighted by Crippen LogP contribution is -2.28. The van der Waals surface area contributed by atoms with Crippen LogP contribution in [-0.2, 0) is 27.9 Å². The third-order valence-electron chi connectivity index (χ3n) is 3.77. The smallest absolute Gasteiger partial charge is 0.232 e. The SMILES string of the molecule is Cc1oc(-c2ccc(Cl)cc2)nc1C[S@@](=O)CC(=O)NCc1ccccn1. The number of halogens is 1. The Hall–Kier alpha value is -2.51. The quantitative estimate of drug-likeness (QED) is 0.654. The number of oxazole rings is 1. The molecule has 1 aromatic carbocycles. The summed E-state index contributed by atoms with van der Waals surface area (Å²) in [6, 6.07) is 12.6. The summed E-state index contributed by atoms with van der Waals surface area (Å²) in [5.74, 6) is 0.783. The molecule has 0 spiro atoms. The molecule has 140 valence electrons. The Morgan fingerprint density at radius 3 is 2.70 bits per heavy atom. The van der Waals surface area contributed by atoms with Crippen molar-refractivity contribution in [3.05, 3.63) is 70.8 Å². The van der Waals surface area contributed by atoms with E-state index in [-0.39, 0.29) is 17.4 Å². The molecule has 8 heteroatoms. The van der Waals surface area contributed by atoms with Gasteiger partial charge < -0.3 is 9.73 Å². The van der Waals surface area contributed by atoms with Gasteiger partial charge in [-0.2, -0.15) is 0 Å². The van der Waals surface area contributed by atoms with E-state index in [0.29, 0.717) is 28.9 Å². The number of carbonyl (C=O) groups is 1. The van der Waals surface area contributed by atoms with Crippen LogP contribution >= 0.6 is 11.6 Å². The molecule has 2 heterocycles. The predicted molar refractivity (Wildman–Crippen MR) is 104 cm³/mol. The number of amides is 1. The van der Waals surface area contributed by atoms with Crippen molar-refractivity contribution in [2.24, 2.45) is 0 Å². The van der Waals surface area contributed by atoms with Gasteiger partial charge in [0, 0.05) is 27.6 Å². The van der Waals surface area contributed by atoms with Gasteiger partial charge in [0.1, 0.15) is 11.5 Å². The van der Waals surface area contributed by atoms with Crippen molar-refractivity contribution in [2.45, 2.75) is 19.2 Å². The van der Waals surface area contributed by atoms with Gasteiger partial charge >= 0.3 is 0 Å². The Bertz CT molecular complexity index is 943. The lowest BCUT2D eigenvalue weighted by Gasteiger charge is -2.04. The Labute approximate surface area is 164 Å². The van der Waals surface area contributed by atoms with Gasteiger partial charge in [-0.1, -0.05) is 17.7 Å². The van der Waals surface area contributed by atoms with Crippen molar-refractivity contribution in [2.75, 3.05) is 5.75 Å². The summed E-state index contributed by atoms with van der Waals surface area (Å²) in [5, 5.41) is 3.34. The van der Waals surface area contributed by atoms with Crippen LogP contribution in [0.2, 0.25) is 5.02 Å². The van der Waals surface area contributed by atoms with Gasteiger partial charge in [0.2, 0.25) is 11.8 Å². The lowest BCUT2D eigenvalue weighted by molar-refractivity contribution is -0.118. The van der Waals surface area contributed by atoms with E-state index in [1.807, 2.05) is 12.1 Å². The molecule has 3 rings (SSSR count). The zero-order valence-electron chi connectivity index (χ0n) is 14.6. The molecule has 0 aliphatic heterocycles. The first-order valence-electron chi connectivity index (χ1n) is 8.25. The normalized spacial score (nSPS) is 11.9. The van der Waals surface area contributed by atoms with E-state index in [1.165, 1.54) is 0 Å². The maximum Gasteiger partial charge on any atom is 0.232 e. The number of rotatable bonds is 7. The Morgan fingerprint density at radius 2 is 2.00 bits per heavy atom. The average molecular weight is 404 g/mol. The molecular weight excluding hydrogens is 386 g/mol. The van der Waals surface area contributed by atoms with Crippen LogP contribution in [0.1, 0.15) is 17.1 Å². The van der Waals surface area contributed by atoms with Crippen LogP contribution in [0.15, 0.2) is 53.1 Å². The summed E-state index contributed by atoms with van der Waals surface area (Å²) in [6.07, 6.45) is 1.66. The first-order chi connectivity index (χ1) is 13.0. The minimum absolute atomic E-state index is 0.102. The van der Waals surface area contributed by atoms with E-state index in [0.717, 1.165) is 11.3 Å². The minimum Gasteiger partial charge on any atom is -0.441 e. The molecule has 3 aromatic rings. The summed E-state index contributed by atoms with van der Waals surface area (Å²) in [5.41, 5.74) is 2.11. The predicted octanol–water partition coefficient (Wildman–Crippen LogP) is 3.26. The zero-order chi connectivity index (χ0) is 19.2. The number of pyridine rings is 1. The van der Waals surface area contributed by atoms with Crippen LogP contribution in [0.25, 0.3) is 11.5 Å². The maximum absolute atomic E-state index is 12.3. The third kappa shape index (κ3) is 5.48. The van der Waals surface area contributed by atoms with E-state index in [9.17, 15) is 9.00 Å². The Balaban J connectivity index is 1.56. The van der Waals surface area contributed by atoms with E-state index in [2.05, 4.69) is 15.3 Å². The number of hydrogen-bond donors (Lipinski definition) is 1. The van der Waals surface area contributed by atoms with Gasteiger partial charge in [-0.25, -0.2) is 4.98 Å². The molecule has 0 bridgehead atoms. The van der Waals surface area contributed by atoms with Crippen LogP contribution in [0.4, 0.5) is 0 Å². The van der Waals surface area contributed by atoms with Crippen molar-refractivity contribution in [3.8, 4) is 11.5 Å². The molecule has 0 aliphatic carbocycles. The van der Waals surface area contributed by atoms with E-state index in [1.54, 1.807) is 43.5 Å². The highest BCUT2D eigenvalue weighted by molar-refractivity contribution is 7.84. The summed E-state index contributed by atoms with van der Waals surface area (Å²) in [4.78, 5) is 20.5. The second-order valence-corrected chi connectivity index (χ2v) is 7.75. The average Bonchev–Trinajstić information content (AvgIpc) is 3.02. The number of aromatic nitrogens is 2. The molecule has 0 radical (unpaired) electrons. The van der Waals surface area contributed by atoms with Crippen molar-refractivity contribution in [1.82, 2.24) is 15.3 Å². The zero-order valence-corrected chi connectivity index (χ0v) is 16.2. The highest BCUT2D eigenvalue weighted by Crippen LogP contribution is 2.24. The number of nitrogens with zero attached hydrogens (tertiary/aromatic N) is 2. The van der Waals surface area contributed by atoms with Gasteiger partial charge in [0.15, 0.2) is 0 Å². The minimum atomic E-state index is -1.39. The maximum atomic E-state index is 12.3. The van der Waals surface area contributed by atoms with Crippen molar-refractivity contribution in [1.29, 1.82) is 0 Å². The van der Waals surface area contributed by atoms with Crippen molar-refractivity contribution < 1.29 is 13.4 Å². The van der Waals surface area contributed by atoms with Gasteiger partial charge in [-0.3, -0.25) is 14.0 Å². The molecule has 1 atom stereocenters. The molecular formula is C19H18ClN3O3S. The lowest BCUT2D eigenvalue weighted by atomic mass is 10.2. The molecule has 0 unspecified atom stereocenters. The summed E-state index contributed by atoms with van der Waals surface area (Å²) in [6.45, 7) is 2.07. The molecule has 2 aromatic heterocycles. The summed E-state index contributed by atoms with van der Waals surface area (Å²) in [7, 11) is -1.39. The van der Waals surface area contributed by atoms with Crippen LogP contribution in [0, 0.1) is 6.92 Å². The fraction of sp³-hybridized carbons (Fsp3) is 0.211. The molecule has 0 saturated heterocycles. The van der Waals surface area contributed by atoms with E-state index < -0.39 is 10.8 Å². The van der Waals surface area contributed by atoms with Crippen LogP contribution < -0.4 is 5.32 Å². The van der Waals surface area contributed by atoms with Crippen LogP contribution in [-0.4, -0.2) is 25.8 Å². The largest absolute Gasteiger partial charge is 0.441 e. The van der Waals surface area contributed by atoms with Gasteiger partial charge in [-0.15, -0.1) is 0 Å². The molecule has 27 heavy (non-hydrogen) atoms. The van der Waals surface area contributed by atoms with Crippen LogP contribution in [0.3, 0.4) is 0 Å². The first kappa shape index (κ1) is 19.3. The van der Waals surface area contributed by atoms with Crippen molar-refractivity contribution in [3.63, 3.8) is 0 Å². The molecule has 1 amide bonds. The van der Waals surface area contributed by atoms with E-state index in [4.69, 9.17) is 16.0 Å². The number of hydrogen-bond acceptors (Lipinski definition) is 5. The van der Waals surface area contributed by atoms with Crippen LogP contribution in [0.5, 0.6) is 0 Å². The monoisotopic (exact) mass is 403 g/mol. The fourth-order valence-electron chi connectivity index (χ4n) is 2.37. The Morgan fingerprint density at radius 1 is 1.22 bits per heavy atom. The molecule has 0 saturated carbocycles.